The Morgan fingerprint density at radius 2 is 1.85 bits per heavy atom. The Kier molecular flexibility index (Phi) is 7.57. The van der Waals surface area contributed by atoms with E-state index in [0.29, 0.717) is 34.6 Å². The Balaban J connectivity index is 1.85. The lowest BCUT2D eigenvalue weighted by molar-refractivity contribution is -0.682. The molecule has 1 amide bonds. The number of methoxy groups -OCH3 is 2. The van der Waals surface area contributed by atoms with Crippen LogP contribution in [0.3, 0.4) is 0 Å². The molecule has 0 unspecified atom stereocenters. The van der Waals surface area contributed by atoms with Crippen LogP contribution in [0.25, 0.3) is 0 Å². The van der Waals surface area contributed by atoms with Crippen LogP contribution in [0, 0.1) is 0 Å². The van der Waals surface area contributed by atoms with Crippen LogP contribution in [-0.2, 0) is 11.3 Å². The number of quaternary nitrogens is 1. The molecule has 2 aromatic rings. The van der Waals surface area contributed by atoms with Gasteiger partial charge in [0.1, 0.15) is 6.04 Å². The average Bonchev–Trinajstić information content (AvgIpc) is 2.64. The second-order valence-electron chi connectivity index (χ2n) is 5.86. The molecule has 7 heteroatoms. The van der Waals surface area contributed by atoms with Gasteiger partial charge < -0.3 is 20.1 Å². The van der Waals surface area contributed by atoms with E-state index in [9.17, 15) is 4.79 Å². The van der Waals surface area contributed by atoms with Crippen molar-refractivity contribution in [1.29, 1.82) is 0 Å². The molecule has 26 heavy (non-hydrogen) atoms. The molecule has 0 radical (unpaired) electrons. The SMILES string of the molecule is COc1ccc(CNC(=O)C[NH2+][C@@H](C)c2ccc(Cl)cc2Cl)cc1OC. The summed E-state index contributed by atoms with van der Waals surface area (Å²) in [5, 5.41) is 6.03. The summed E-state index contributed by atoms with van der Waals surface area (Å²) < 4.78 is 10.5. The van der Waals surface area contributed by atoms with Crippen molar-refractivity contribution in [3.05, 3.63) is 57.6 Å². The molecule has 0 aliphatic rings. The largest absolute Gasteiger partial charge is 0.493 e. The van der Waals surface area contributed by atoms with Crippen molar-refractivity contribution < 1.29 is 19.6 Å². The van der Waals surface area contributed by atoms with Gasteiger partial charge in [0.05, 0.1) is 19.2 Å². The first kappa shape index (κ1) is 20.4. The number of nitrogens with one attached hydrogen (secondary N) is 1. The van der Waals surface area contributed by atoms with Gasteiger partial charge in [0.2, 0.25) is 0 Å². The highest BCUT2D eigenvalue weighted by molar-refractivity contribution is 6.35. The van der Waals surface area contributed by atoms with E-state index in [-0.39, 0.29) is 11.9 Å². The number of amides is 1. The van der Waals surface area contributed by atoms with E-state index in [2.05, 4.69) is 5.32 Å². The second kappa shape index (κ2) is 9.67. The van der Waals surface area contributed by atoms with Crippen molar-refractivity contribution in [3.63, 3.8) is 0 Å². The predicted molar refractivity (Wildman–Crippen MR) is 103 cm³/mol. The van der Waals surface area contributed by atoms with Crippen LogP contribution in [0.2, 0.25) is 10.0 Å². The van der Waals surface area contributed by atoms with Crippen molar-refractivity contribution in [2.24, 2.45) is 0 Å². The van der Waals surface area contributed by atoms with E-state index in [4.69, 9.17) is 32.7 Å². The first-order valence-corrected chi connectivity index (χ1v) is 8.96. The lowest BCUT2D eigenvalue weighted by Gasteiger charge is -2.13. The highest BCUT2D eigenvalue weighted by Crippen LogP contribution is 2.27. The summed E-state index contributed by atoms with van der Waals surface area (Å²) in [7, 11) is 3.17. The third-order valence-corrected chi connectivity index (χ3v) is 4.61. The third-order valence-electron chi connectivity index (χ3n) is 4.05. The van der Waals surface area contributed by atoms with Gasteiger partial charge in [-0.3, -0.25) is 4.79 Å². The van der Waals surface area contributed by atoms with E-state index in [1.54, 1.807) is 26.4 Å². The fourth-order valence-corrected chi connectivity index (χ4v) is 3.13. The minimum Gasteiger partial charge on any atom is -0.493 e. The Hall–Kier alpha value is -1.95. The number of ether oxygens (including phenoxy) is 2. The van der Waals surface area contributed by atoms with Crippen molar-refractivity contribution >= 4 is 29.1 Å². The van der Waals surface area contributed by atoms with Crippen LogP contribution >= 0.6 is 23.2 Å². The molecule has 0 saturated heterocycles. The summed E-state index contributed by atoms with van der Waals surface area (Å²) in [6, 6.07) is 11.0. The maximum Gasteiger partial charge on any atom is 0.275 e. The number of rotatable bonds is 8. The zero-order chi connectivity index (χ0) is 19.1. The molecular weight excluding hydrogens is 375 g/mol. The van der Waals surface area contributed by atoms with Crippen LogP contribution in [0.4, 0.5) is 0 Å². The average molecular weight is 398 g/mol. The summed E-state index contributed by atoms with van der Waals surface area (Å²) in [6.45, 7) is 2.72. The zero-order valence-corrected chi connectivity index (χ0v) is 16.5. The highest BCUT2D eigenvalue weighted by atomic mass is 35.5. The zero-order valence-electron chi connectivity index (χ0n) is 15.0. The van der Waals surface area contributed by atoms with Gasteiger partial charge >= 0.3 is 0 Å². The molecule has 0 bridgehead atoms. The van der Waals surface area contributed by atoms with Crippen molar-refractivity contribution in [2.45, 2.75) is 19.5 Å². The fraction of sp³-hybridized carbons (Fsp3) is 0.316. The molecule has 5 nitrogen and oxygen atoms in total. The second-order valence-corrected chi connectivity index (χ2v) is 6.70. The monoisotopic (exact) mass is 397 g/mol. The molecule has 0 aliphatic heterocycles. The summed E-state index contributed by atoms with van der Waals surface area (Å²) in [5.41, 5.74) is 1.88. The van der Waals surface area contributed by atoms with Gasteiger partial charge in [-0.25, -0.2) is 0 Å². The standard InChI is InChI=1S/C19H22Cl2N2O3/c1-12(15-6-5-14(20)9-16(15)21)22-11-19(24)23-10-13-4-7-17(25-2)18(8-13)26-3/h4-9,12,22H,10-11H2,1-3H3,(H,23,24)/p+1/t12-/m0/s1. The number of carbonyl (C=O) groups excluding carboxylic acids is 1. The van der Waals surface area contributed by atoms with Gasteiger partial charge in [-0.2, -0.15) is 0 Å². The van der Waals surface area contributed by atoms with Gasteiger partial charge in [-0.15, -0.1) is 0 Å². The Morgan fingerprint density at radius 1 is 1.12 bits per heavy atom. The molecule has 1 atom stereocenters. The van der Waals surface area contributed by atoms with E-state index in [0.717, 1.165) is 11.1 Å². The lowest BCUT2D eigenvalue weighted by Crippen LogP contribution is -2.87. The van der Waals surface area contributed by atoms with Crippen LogP contribution in [0.1, 0.15) is 24.1 Å². The van der Waals surface area contributed by atoms with Crippen LogP contribution in [0.15, 0.2) is 36.4 Å². The first-order valence-electron chi connectivity index (χ1n) is 8.20. The van der Waals surface area contributed by atoms with E-state index >= 15 is 0 Å². The number of halogens is 2. The van der Waals surface area contributed by atoms with Crippen molar-refractivity contribution in [1.82, 2.24) is 5.32 Å². The van der Waals surface area contributed by atoms with Gasteiger partial charge in [-0.05, 0) is 36.8 Å². The minimum atomic E-state index is -0.0586. The molecule has 140 valence electrons. The Labute approximate surface area is 163 Å². The maximum atomic E-state index is 12.1. The lowest BCUT2D eigenvalue weighted by atomic mass is 10.1. The molecule has 0 heterocycles. The van der Waals surface area contributed by atoms with E-state index in [1.807, 2.05) is 36.5 Å². The summed E-state index contributed by atoms with van der Waals surface area (Å²) in [5.74, 6) is 1.23. The van der Waals surface area contributed by atoms with Crippen molar-refractivity contribution in [3.8, 4) is 11.5 Å². The maximum absolute atomic E-state index is 12.1. The molecule has 2 aromatic carbocycles. The van der Waals surface area contributed by atoms with Crippen LogP contribution < -0.4 is 20.1 Å². The molecule has 0 aliphatic carbocycles. The normalized spacial score (nSPS) is 11.7. The first-order chi connectivity index (χ1) is 12.4. The molecule has 2 rings (SSSR count). The topological polar surface area (TPSA) is 64.2 Å². The summed E-state index contributed by atoms with van der Waals surface area (Å²) in [4.78, 5) is 12.1. The summed E-state index contributed by atoms with van der Waals surface area (Å²) in [6.07, 6.45) is 0. The van der Waals surface area contributed by atoms with E-state index in [1.165, 1.54) is 0 Å². The molecule has 3 N–H and O–H groups in total. The number of nitrogens with two attached hydrogens (primary N) is 1. The van der Waals surface area contributed by atoms with Crippen molar-refractivity contribution in [2.75, 3.05) is 20.8 Å². The summed E-state index contributed by atoms with van der Waals surface area (Å²) >= 11 is 12.1. The molecular formula is C19H23Cl2N2O3+. The van der Waals surface area contributed by atoms with Gasteiger partial charge in [-0.1, -0.05) is 35.3 Å². The Morgan fingerprint density at radius 3 is 2.50 bits per heavy atom. The highest BCUT2D eigenvalue weighted by Gasteiger charge is 2.15. The predicted octanol–water partition coefficient (Wildman–Crippen LogP) is 2.95. The molecule has 0 fully saturated rings. The van der Waals surface area contributed by atoms with Gasteiger partial charge in [0.15, 0.2) is 18.0 Å². The van der Waals surface area contributed by atoms with Crippen LogP contribution in [0.5, 0.6) is 11.5 Å². The van der Waals surface area contributed by atoms with Gasteiger partial charge in [0.25, 0.3) is 5.91 Å². The molecule has 0 saturated carbocycles. The quantitative estimate of drug-likeness (QED) is 0.719. The Bertz CT molecular complexity index is 768. The number of hydrogen-bond donors (Lipinski definition) is 2. The molecule has 0 spiro atoms. The number of benzene rings is 2. The fourth-order valence-electron chi connectivity index (χ4n) is 2.54. The smallest absolute Gasteiger partial charge is 0.275 e. The van der Waals surface area contributed by atoms with Gasteiger partial charge in [0, 0.05) is 17.1 Å². The number of hydrogen-bond acceptors (Lipinski definition) is 3. The van der Waals surface area contributed by atoms with E-state index < -0.39 is 0 Å². The van der Waals surface area contributed by atoms with Crippen LogP contribution in [-0.4, -0.2) is 26.7 Å². The molecule has 0 aromatic heterocycles. The minimum absolute atomic E-state index is 0.0478. The number of carbonyl (C=O) groups is 1. The third kappa shape index (κ3) is 5.53.